The molecule has 0 saturated carbocycles. The summed E-state index contributed by atoms with van der Waals surface area (Å²) in [7, 11) is 1.67. The molecule has 1 amide bonds. The average Bonchev–Trinajstić information content (AvgIpc) is 2.68. The average molecular weight is 367 g/mol. The van der Waals surface area contributed by atoms with E-state index in [9.17, 15) is 14.4 Å². The minimum atomic E-state index is -0.758. The molecule has 0 aliphatic carbocycles. The van der Waals surface area contributed by atoms with E-state index in [4.69, 9.17) is 9.47 Å². The Morgan fingerprint density at radius 2 is 1.78 bits per heavy atom. The Morgan fingerprint density at radius 3 is 2.56 bits per heavy atom. The molecule has 138 valence electrons. The van der Waals surface area contributed by atoms with E-state index in [2.05, 4.69) is 9.97 Å². The first-order chi connectivity index (χ1) is 13.0. The maximum atomic E-state index is 12.7. The molecule has 2 N–H and O–H groups in total. The standard InChI is InChI=1S/C19H17N3O5/c1-22(9-12-10-26-15-4-2-3-5-16(15)27-12)19(25)11-6-7-13-14(8-11)21-18(24)17(23)20-13/h2-8,12H,9-10H2,1H3,(H,20,23)(H,21,24)/t12-/m0/s1. The number of para-hydroxylation sites is 2. The topological polar surface area (TPSA) is 104 Å². The third kappa shape index (κ3) is 3.29. The van der Waals surface area contributed by atoms with Gasteiger partial charge in [0.25, 0.3) is 5.91 Å². The van der Waals surface area contributed by atoms with Crippen molar-refractivity contribution >= 4 is 16.9 Å². The molecule has 0 radical (unpaired) electrons. The number of H-pyrrole nitrogens is 2. The second kappa shape index (κ2) is 6.64. The van der Waals surface area contributed by atoms with Crippen LogP contribution >= 0.6 is 0 Å². The third-order valence-electron chi connectivity index (χ3n) is 4.36. The Labute approximate surface area is 153 Å². The maximum absolute atomic E-state index is 12.7. The highest BCUT2D eigenvalue weighted by Gasteiger charge is 2.24. The summed E-state index contributed by atoms with van der Waals surface area (Å²) < 4.78 is 11.5. The van der Waals surface area contributed by atoms with Crippen LogP contribution in [-0.2, 0) is 0 Å². The van der Waals surface area contributed by atoms with Crippen LogP contribution in [0.25, 0.3) is 11.0 Å². The van der Waals surface area contributed by atoms with E-state index in [1.165, 1.54) is 4.90 Å². The van der Waals surface area contributed by atoms with Crippen LogP contribution in [0.1, 0.15) is 10.4 Å². The number of rotatable bonds is 3. The second-order valence-corrected chi connectivity index (χ2v) is 6.35. The van der Waals surface area contributed by atoms with Crippen LogP contribution in [0.4, 0.5) is 0 Å². The van der Waals surface area contributed by atoms with Gasteiger partial charge in [-0.3, -0.25) is 14.4 Å². The van der Waals surface area contributed by atoms with E-state index in [1.54, 1.807) is 25.2 Å². The second-order valence-electron chi connectivity index (χ2n) is 6.35. The number of fused-ring (bicyclic) bond motifs is 2. The van der Waals surface area contributed by atoms with Crippen molar-refractivity contribution < 1.29 is 14.3 Å². The van der Waals surface area contributed by atoms with Gasteiger partial charge in [0.05, 0.1) is 17.6 Å². The molecule has 0 bridgehead atoms. The maximum Gasteiger partial charge on any atom is 0.314 e. The first-order valence-electron chi connectivity index (χ1n) is 8.41. The van der Waals surface area contributed by atoms with Gasteiger partial charge in [0.15, 0.2) is 17.6 Å². The summed E-state index contributed by atoms with van der Waals surface area (Å²) in [5.41, 5.74) is -0.241. The van der Waals surface area contributed by atoms with Crippen LogP contribution in [-0.4, -0.2) is 47.1 Å². The van der Waals surface area contributed by atoms with Crippen molar-refractivity contribution in [1.29, 1.82) is 0 Å². The fraction of sp³-hybridized carbons (Fsp3) is 0.211. The Bertz CT molecular complexity index is 1130. The lowest BCUT2D eigenvalue weighted by atomic mass is 10.1. The van der Waals surface area contributed by atoms with Gasteiger partial charge in [-0.2, -0.15) is 0 Å². The number of nitrogens with one attached hydrogen (secondary N) is 2. The van der Waals surface area contributed by atoms with Crippen molar-refractivity contribution in [2.75, 3.05) is 20.2 Å². The molecule has 0 spiro atoms. The lowest BCUT2D eigenvalue weighted by molar-refractivity contribution is 0.0521. The molecule has 1 atom stereocenters. The largest absolute Gasteiger partial charge is 0.486 e. The normalized spacial score (nSPS) is 15.5. The van der Waals surface area contributed by atoms with Crippen molar-refractivity contribution in [1.82, 2.24) is 14.9 Å². The molecule has 2 heterocycles. The molecule has 0 fully saturated rings. The minimum Gasteiger partial charge on any atom is -0.486 e. The van der Waals surface area contributed by atoms with Crippen molar-refractivity contribution in [2.45, 2.75) is 6.10 Å². The first-order valence-corrected chi connectivity index (χ1v) is 8.41. The third-order valence-corrected chi connectivity index (χ3v) is 4.36. The minimum absolute atomic E-state index is 0.230. The van der Waals surface area contributed by atoms with Gasteiger partial charge in [-0.05, 0) is 30.3 Å². The molecule has 0 saturated heterocycles. The molecule has 0 unspecified atom stereocenters. The number of benzene rings is 2. The Balaban J connectivity index is 1.51. The fourth-order valence-electron chi connectivity index (χ4n) is 3.01. The quantitative estimate of drug-likeness (QED) is 0.675. The van der Waals surface area contributed by atoms with Crippen molar-refractivity contribution in [2.24, 2.45) is 0 Å². The zero-order valence-corrected chi connectivity index (χ0v) is 14.5. The van der Waals surface area contributed by atoms with Crippen LogP contribution in [0.5, 0.6) is 11.5 Å². The first kappa shape index (κ1) is 16.9. The van der Waals surface area contributed by atoms with Crippen LogP contribution in [0.2, 0.25) is 0 Å². The number of carbonyl (C=O) groups is 1. The van der Waals surface area contributed by atoms with Gasteiger partial charge in [0.1, 0.15) is 6.61 Å². The van der Waals surface area contributed by atoms with E-state index >= 15 is 0 Å². The fourth-order valence-corrected chi connectivity index (χ4v) is 3.01. The zero-order valence-electron chi connectivity index (χ0n) is 14.5. The molecule has 2 aromatic carbocycles. The Morgan fingerprint density at radius 1 is 1.07 bits per heavy atom. The highest BCUT2D eigenvalue weighted by Crippen LogP contribution is 2.31. The summed E-state index contributed by atoms with van der Waals surface area (Å²) in [5.74, 6) is 1.11. The summed E-state index contributed by atoms with van der Waals surface area (Å²) in [5, 5.41) is 0. The summed E-state index contributed by atoms with van der Waals surface area (Å²) in [6, 6.07) is 12.1. The van der Waals surface area contributed by atoms with E-state index in [1.807, 2.05) is 24.3 Å². The molecule has 8 heteroatoms. The number of likely N-dealkylation sites (N-methyl/N-ethyl adjacent to an activating group) is 1. The van der Waals surface area contributed by atoms with Crippen LogP contribution in [0, 0.1) is 0 Å². The summed E-state index contributed by atoms with van der Waals surface area (Å²) >= 11 is 0. The molecular formula is C19H17N3O5. The molecule has 1 aliphatic heterocycles. The van der Waals surface area contributed by atoms with E-state index in [0.717, 1.165) is 0 Å². The van der Waals surface area contributed by atoms with Crippen molar-refractivity contribution in [3.8, 4) is 11.5 Å². The van der Waals surface area contributed by atoms with Gasteiger partial charge in [-0.1, -0.05) is 12.1 Å². The predicted molar refractivity (Wildman–Crippen MR) is 98.5 cm³/mol. The summed E-state index contributed by atoms with van der Waals surface area (Å²) in [6.45, 7) is 0.689. The van der Waals surface area contributed by atoms with E-state index in [0.29, 0.717) is 41.2 Å². The lowest BCUT2D eigenvalue weighted by Gasteiger charge is -2.29. The molecule has 1 aromatic heterocycles. The van der Waals surface area contributed by atoms with Crippen LogP contribution in [0.3, 0.4) is 0 Å². The van der Waals surface area contributed by atoms with Gasteiger partial charge in [-0.25, -0.2) is 0 Å². The number of aromatic nitrogens is 2. The smallest absolute Gasteiger partial charge is 0.314 e. The highest BCUT2D eigenvalue weighted by atomic mass is 16.6. The van der Waals surface area contributed by atoms with E-state index in [-0.39, 0.29) is 12.0 Å². The van der Waals surface area contributed by atoms with E-state index < -0.39 is 11.1 Å². The summed E-state index contributed by atoms with van der Waals surface area (Å²) in [4.78, 5) is 42.1. The SMILES string of the molecule is CN(C[C@H]1COc2ccccc2O1)C(=O)c1ccc2[nH]c(=O)c(=O)[nH]c2c1. The molecule has 1 aliphatic rings. The van der Waals surface area contributed by atoms with Crippen LogP contribution in [0.15, 0.2) is 52.1 Å². The van der Waals surface area contributed by atoms with Gasteiger partial charge < -0.3 is 24.3 Å². The van der Waals surface area contributed by atoms with Crippen LogP contribution < -0.4 is 20.6 Å². The predicted octanol–water partition coefficient (Wildman–Crippen LogP) is 1.13. The van der Waals surface area contributed by atoms with Gasteiger partial charge >= 0.3 is 11.1 Å². The number of amides is 1. The number of aromatic amines is 2. The monoisotopic (exact) mass is 367 g/mol. The van der Waals surface area contributed by atoms with Gasteiger partial charge in [0, 0.05) is 12.6 Å². The van der Waals surface area contributed by atoms with Crippen molar-refractivity contribution in [3.63, 3.8) is 0 Å². The number of hydrogen-bond acceptors (Lipinski definition) is 5. The Kier molecular flexibility index (Phi) is 4.15. The Hall–Kier alpha value is -3.55. The number of nitrogens with zero attached hydrogens (tertiary/aromatic N) is 1. The van der Waals surface area contributed by atoms with Gasteiger partial charge in [0.2, 0.25) is 0 Å². The number of ether oxygens (including phenoxy) is 2. The molecule has 8 nitrogen and oxygen atoms in total. The van der Waals surface area contributed by atoms with Gasteiger partial charge in [-0.15, -0.1) is 0 Å². The molecule has 4 rings (SSSR count). The lowest BCUT2D eigenvalue weighted by Crippen LogP contribution is -2.41. The molecule has 3 aromatic rings. The number of hydrogen-bond donors (Lipinski definition) is 2. The molecular weight excluding hydrogens is 350 g/mol. The molecule has 27 heavy (non-hydrogen) atoms. The van der Waals surface area contributed by atoms with Crippen molar-refractivity contribution in [3.05, 3.63) is 68.7 Å². The zero-order chi connectivity index (χ0) is 19.0. The highest BCUT2D eigenvalue weighted by molar-refractivity contribution is 5.97. The number of carbonyl (C=O) groups excluding carboxylic acids is 1. The summed E-state index contributed by atoms with van der Waals surface area (Å²) in [6.07, 6.45) is -0.287.